The molecule has 102 valence electrons. The summed E-state index contributed by atoms with van der Waals surface area (Å²) in [6, 6.07) is 16.0. The predicted octanol–water partition coefficient (Wildman–Crippen LogP) is 3.50. The molecule has 0 spiro atoms. The van der Waals surface area contributed by atoms with Crippen molar-refractivity contribution in [3.63, 3.8) is 0 Å². The van der Waals surface area contributed by atoms with Crippen molar-refractivity contribution in [1.82, 2.24) is 4.90 Å². The third-order valence-corrected chi connectivity index (χ3v) is 3.61. The highest BCUT2D eigenvalue weighted by Crippen LogP contribution is 2.44. The van der Waals surface area contributed by atoms with Gasteiger partial charge in [0.15, 0.2) is 0 Å². The van der Waals surface area contributed by atoms with Gasteiger partial charge in [-0.2, -0.15) is 0 Å². The Kier molecular flexibility index (Phi) is 2.40. The van der Waals surface area contributed by atoms with E-state index in [9.17, 15) is 4.79 Å². The zero-order valence-electron chi connectivity index (χ0n) is 14.2. The van der Waals surface area contributed by atoms with Gasteiger partial charge in [0.05, 0.1) is 0 Å². The van der Waals surface area contributed by atoms with Gasteiger partial charge in [-0.25, -0.2) is 4.79 Å². The number of carbonyl (C=O) groups is 1. The number of fused-ring (bicyclic) bond motifs is 3. The van der Waals surface area contributed by atoms with Crippen molar-refractivity contribution in [3.05, 3.63) is 59.7 Å². The molecule has 0 saturated carbocycles. The van der Waals surface area contributed by atoms with Crippen LogP contribution in [0.15, 0.2) is 48.5 Å². The molecule has 0 aliphatic heterocycles. The summed E-state index contributed by atoms with van der Waals surface area (Å²) in [5.41, 5.74) is 4.46. The van der Waals surface area contributed by atoms with Crippen molar-refractivity contribution in [1.29, 1.82) is 0 Å². The molecule has 1 amide bonds. The van der Waals surface area contributed by atoms with Crippen molar-refractivity contribution in [2.75, 3.05) is 20.6 Å². The van der Waals surface area contributed by atoms with Gasteiger partial charge < -0.3 is 9.64 Å². The first kappa shape index (κ1) is 9.59. The van der Waals surface area contributed by atoms with E-state index in [0.29, 0.717) is 4.90 Å². The van der Waals surface area contributed by atoms with Crippen molar-refractivity contribution < 1.29 is 13.6 Å². The lowest BCUT2D eigenvalue weighted by Crippen LogP contribution is -2.24. The summed E-state index contributed by atoms with van der Waals surface area (Å²) in [7, 11) is 1.21. The van der Waals surface area contributed by atoms with Crippen LogP contribution in [0, 0.1) is 0 Å². The summed E-state index contributed by atoms with van der Waals surface area (Å²) in [4.78, 5) is 12.6. The Balaban J connectivity index is 1.83. The molecule has 3 nitrogen and oxygen atoms in total. The predicted molar refractivity (Wildman–Crippen MR) is 78.8 cm³/mol. The summed E-state index contributed by atoms with van der Waals surface area (Å²) < 4.78 is 27.0. The smallest absolute Gasteiger partial charge is 0.409 e. The van der Waals surface area contributed by atoms with Crippen LogP contribution < -0.4 is 0 Å². The fraction of sp³-hybridized carbons (Fsp3) is 0.235. The van der Waals surface area contributed by atoms with Crippen LogP contribution in [0.3, 0.4) is 0 Å². The van der Waals surface area contributed by atoms with E-state index in [1.165, 1.54) is 7.05 Å². The normalized spacial score (nSPS) is 15.6. The minimum absolute atomic E-state index is 0.0728. The highest BCUT2D eigenvalue weighted by atomic mass is 16.6. The SMILES string of the molecule is [2H]C([2H])([2H])N([13CH3])C(=O)OCC1c2ccccc2-c2ccccc21. The standard InChI is InChI=1S/C17H17NO2/c1-18(2)17(19)20-11-16-14-9-5-3-7-12(14)13-8-4-6-10-15(13)16/h3-10,16H,11H2,1-2H3/i1D3,2+1. The average Bonchev–Trinajstić information content (AvgIpc) is 2.85. The van der Waals surface area contributed by atoms with Crippen LogP contribution in [0.5, 0.6) is 0 Å². The van der Waals surface area contributed by atoms with Crippen LogP contribution in [0.25, 0.3) is 11.1 Å². The molecule has 0 aromatic heterocycles. The molecule has 0 bridgehead atoms. The Morgan fingerprint density at radius 1 is 1.15 bits per heavy atom. The summed E-state index contributed by atoms with van der Waals surface area (Å²) in [5, 5.41) is 0. The third kappa shape index (κ3) is 2.05. The van der Waals surface area contributed by atoms with Gasteiger partial charge >= 0.3 is 6.09 Å². The maximum absolute atomic E-state index is 11.9. The molecule has 0 unspecified atom stereocenters. The number of rotatable bonds is 2. The summed E-state index contributed by atoms with van der Waals surface area (Å²) in [6.45, 7) is -2.38. The molecule has 3 heteroatoms. The lowest BCUT2D eigenvalue weighted by Gasteiger charge is -2.16. The van der Waals surface area contributed by atoms with E-state index in [2.05, 4.69) is 0 Å². The van der Waals surface area contributed by atoms with Crippen LogP contribution in [-0.4, -0.2) is 31.6 Å². The molecule has 2 aromatic rings. The molecule has 3 rings (SSSR count). The van der Waals surface area contributed by atoms with Crippen LogP contribution in [0.1, 0.15) is 21.2 Å². The number of amides is 1. The van der Waals surface area contributed by atoms with Crippen molar-refractivity contribution in [2.45, 2.75) is 5.92 Å². The first-order valence-corrected chi connectivity index (χ1v) is 6.48. The molecule has 1 aliphatic rings. The Hall–Kier alpha value is -2.29. The molecule has 0 fully saturated rings. The third-order valence-electron chi connectivity index (χ3n) is 3.61. The Labute approximate surface area is 123 Å². The average molecular weight is 271 g/mol. The van der Waals surface area contributed by atoms with E-state index in [1.54, 1.807) is 0 Å². The second kappa shape index (κ2) is 5.00. The lowest BCUT2D eigenvalue weighted by molar-refractivity contribution is 0.115. The Morgan fingerprint density at radius 3 is 2.25 bits per heavy atom. The van der Waals surface area contributed by atoms with Gasteiger partial charge in [0, 0.05) is 24.1 Å². The molecule has 0 N–H and O–H groups in total. The van der Waals surface area contributed by atoms with Crippen molar-refractivity contribution in [3.8, 4) is 11.1 Å². The van der Waals surface area contributed by atoms with Crippen LogP contribution in [0.4, 0.5) is 4.79 Å². The van der Waals surface area contributed by atoms with Crippen LogP contribution in [-0.2, 0) is 4.74 Å². The number of hydrogen-bond acceptors (Lipinski definition) is 2. The first-order valence-electron chi connectivity index (χ1n) is 7.98. The van der Waals surface area contributed by atoms with Gasteiger partial charge in [-0.1, -0.05) is 48.5 Å². The van der Waals surface area contributed by atoms with E-state index >= 15 is 0 Å². The highest BCUT2D eigenvalue weighted by molar-refractivity contribution is 5.79. The van der Waals surface area contributed by atoms with Gasteiger partial charge in [-0.3, -0.25) is 0 Å². The second-order valence-corrected chi connectivity index (χ2v) is 4.86. The summed E-state index contributed by atoms with van der Waals surface area (Å²) >= 11 is 0. The van der Waals surface area contributed by atoms with Crippen LogP contribution >= 0.6 is 0 Å². The largest absolute Gasteiger partial charge is 0.448 e. The Bertz CT molecular complexity index is 697. The minimum Gasteiger partial charge on any atom is -0.448 e. The van der Waals surface area contributed by atoms with E-state index in [0.717, 1.165) is 22.3 Å². The van der Waals surface area contributed by atoms with Gasteiger partial charge in [0.2, 0.25) is 0 Å². The van der Waals surface area contributed by atoms with Crippen molar-refractivity contribution in [2.24, 2.45) is 0 Å². The zero-order valence-corrected chi connectivity index (χ0v) is 11.2. The highest BCUT2D eigenvalue weighted by Gasteiger charge is 2.29. The zero-order chi connectivity index (χ0) is 16.6. The first-order chi connectivity index (χ1) is 10.9. The fourth-order valence-electron chi connectivity index (χ4n) is 2.69. The molecule has 0 radical (unpaired) electrons. The van der Waals surface area contributed by atoms with E-state index < -0.39 is 13.1 Å². The topological polar surface area (TPSA) is 29.5 Å². The lowest BCUT2D eigenvalue weighted by atomic mass is 9.98. The fourth-order valence-corrected chi connectivity index (χ4v) is 2.69. The number of benzene rings is 2. The monoisotopic (exact) mass is 271 g/mol. The molecule has 0 saturated heterocycles. The van der Waals surface area contributed by atoms with Gasteiger partial charge in [-0.05, 0) is 22.3 Å². The van der Waals surface area contributed by atoms with Crippen LogP contribution in [0.2, 0.25) is 0 Å². The number of nitrogens with zero attached hydrogens (tertiary/aromatic N) is 1. The van der Waals surface area contributed by atoms with Crippen molar-refractivity contribution >= 4 is 6.09 Å². The quantitative estimate of drug-likeness (QED) is 0.782. The van der Waals surface area contributed by atoms with E-state index in [1.807, 2.05) is 48.5 Å². The van der Waals surface area contributed by atoms with Gasteiger partial charge in [-0.15, -0.1) is 0 Å². The maximum Gasteiger partial charge on any atom is 0.409 e. The molecule has 0 atom stereocenters. The second-order valence-electron chi connectivity index (χ2n) is 4.86. The summed E-state index contributed by atoms with van der Waals surface area (Å²) in [5.74, 6) is -0.0728. The number of hydrogen-bond donors (Lipinski definition) is 0. The minimum atomic E-state index is -2.50. The van der Waals surface area contributed by atoms with E-state index in [4.69, 9.17) is 8.85 Å². The van der Waals surface area contributed by atoms with Gasteiger partial charge in [0.1, 0.15) is 6.61 Å². The molecule has 20 heavy (non-hydrogen) atoms. The number of carbonyl (C=O) groups excluding carboxylic acids is 1. The molecule has 0 heterocycles. The van der Waals surface area contributed by atoms with E-state index in [-0.39, 0.29) is 12.5 Å². The van der Waals surface area contributed by atoms with Gasteiger partial charge in [0.25, 0.3) is 0 Å². The summed E-state index contributed by atoms with van der Waals surface area (Å²) in [6.07, 6.45) is -0.841. The molecule has 1 aliphatic carbocycles. The Morgan fingerprint density at radius 2 is 1.70 bits per heavy atom. The number of ether oxygens (including phenoxy) is 1. The molecular formula is C17H17NO2. The molecule has 2 aromatic carbocycles. The maximum atomic E-state index is 11.9. The molecular weight excluding hydrogens is 251 g/mol.